The van der Waals surface area contributed by atoms with Crippen LogP contribution >= 0.6 is 11.6 Å². The minimum Gasteiger partial charge on any atom is -0.497 e. The fourth-order valence-corrected chi connectivity index (χ4v) is 5.69. The van der Waals surface area contributed by atoms with Crippen molar-refractivity contribution in [2.75, 3.05) is 7.11 Å². The van der Waals surface area contributed by atoms with Crippen LogP contribution in [-0.2, 0) is 4.79 Å². The van der Waals surface area contributed by atoms with Gasteiger partial charge in [0.15, 0.2) is 5.78 Å². The molecule has 0 amide bonds. The van der Waals surface area contributed by atoms with Crippen molar-refractivity contribution in [2.24, 2.45) is 5.41 Å². The minimum absolute atomic E-state index is 0.0953. The molecule has 0 saturated heterocycles. The van der Waals surface area contributed by atoms with Gasteiger partial charge in [-0.3, -0.25) is 14.4 Å². The monoisotopic (exact) mass is 487 g/mol. The molecule has 1 aliphatic carbocycles. The molecule has 0 bridgehead atoms. The zero-order valence-corrected chi connectivity index (χ0v) is 20.2. The van der Waals surface area contributed by atoms with Gasteiger partial charge in [-0.15, -0.1) is 0 Å². The van der Waals surface area contributed by atoms with Crippen LogP contribution in [0.3, 0.4) is 0 Å². The molecule has 1 atom stereocenters. The number of rotatable bonds is 2. The van der Waals surface area contributed by atoms with Gasteiger partial charge in [0.1, 0.15) is 16.9 Å². The first-order chi connectivity index (χ1) is 16.7. The van der Waals surface area contributed by atoms with Crippen molar-refractivity contribution in [3.05, 3.63) is 85.5 Å². The van der Waals surface area contributed by atoms with Gasteiger partial charge < -0.3 is 4.74 Å². The summed E-state index contributed by atoms with van der Waals surface area (Å²) in [5, 5.41) is 1.56. The number of fused-ring (bicyclic) bond motifs is 4. The molecule has 2 aromatic heterocycles. The average Bonchev–Trinajstić information content (AvgIpc) is 3.16. The fourth-order valence-electron chi connectivity index (χ4n) is 5.44. The molecule has 4 aromatic rings. The summed E-state index contributed by atoms with van der Waals surface area (Å²) < 4.78 is 8.15. The summed E-state index contributed by atoms with van der Waals surface area (Å²) >= 11 is 6.69. The van der Waals surface area contributed by atoms with Gasteiger partial charge in [-0.2, -0.15) is 0 Å². The van der Waals surface area contributed by atoms with Crippen LogP contribution in [0.5, 0.6) is 5.75 Å². The van der Waals surface area contributed by atoms with Crippen LogP contribution in [0.15, 0.2) is 63.7 Å². The molecule has 176 valence electrons. The Kier molecular flexibility index (Phi) is 4.60. The molecule has 2 aliphatic rings. The molecular weight excluding hydrogens is 466 g/mol. The Bertz CT molecular complexity index is 1750. The van der Waals surface area contributed by atoms with Crippen LogP contribution in [0, 0.1) is 5.41 Å². The van der Waals surface area contributed by atoms with Gasteiger partial charge >= 0.3 is 0 Å². The first-order valence-electron chi connectivity index (χ1n) is 11.4. The minimum atomic E-state index is -0.853. The van der Waals surface area contributed by atoms with Gasteiger partial charge in [0, 0.05) is 22.9 Å². The van der Waals surface area contributed by atoms with E-state index in [1.54, 1.807) is 43.5 Å². The third-order valence-corrected chi connectivity index (χ3v) is 7.27. The van der Waals surface area contributed by atoms with E-state index in [0.29, 0.717) is 51.7 Å². The molecule has 0 radical (unpaired) electrons. The molecule has 0 fully saturated rings. The quantitative estimate of drug-likeness (QED) is 0.386. The molecule has 8 heteroatoms. The molecule has 0 spiro atoms. The van der Waals surface area contributed by atoms with Crippen molar-refractivity contribution in [1.29, 1.82) is 0 Å². The van der Waals surface area contributed by atoms with Crippen LogP contribution in [0.25, 0.3) is 27.4 Å². The molecule has 35 heavy (non-hydrogen) atoms. The third-order valence-electron chi connectivity index (χ3n) is 6.97. The number of halogens is 1. The molecule has 2 aromatic carbocycles. The van der Waals surface area contributed by atoms with Gasteiger partial charge in [-0.1, -0.05) is 37.6 Å². The highest BCUT2D eigenvalue weighted by Crippen LogP contribution is 2.48. The number of ether oxygens (including phenoxy) is 1. The van der Waals surface area contributed by atoms with Gasteiger partial charge in [0.25, 0.3) is 11.1 Å². The largest absolute Gasteiger partial charge is 0.497 e. The van der Waals surface area contributed by atoms with E-state index in [2.05, 4.69) is 4.98 Å². The zero-order valence-electron chi connectivity index (χ0n) is 19.5. The number of carbonyl (C=O) groups excluding carboxylic acids is 1. The van der Waals surface area contributed by atoms with E-state index in [4.69, 9.17) is 16.3 Å². The number of carbonyl (C=O) groups is 1. The lowest BCUT2D eigenvalue weighted by Crippen LogP contribution is -2.37. The maximum atomic E-state index is 13.8. The van der Waals surface area contributed by atoms with E-state index in [0.717, 1.165) is 5.39 Å². The SMILES string of the molecule is COc1ccc2nc(Cl)c(C3C4=C(CC(C)(C)CC4=O)n4c(=O)c5ccccc5c(=O)n43)cc2c1. The Morgan fingerprint density at radius 3 is 2.43 bits per heavy atom. The zero-order chi connectivity index (χ0) is 24.6. The van der Waals surface area contributed by atoms with E-state index in [9.17, 15) is 14.4 Å². The number of Topliss-reactive ketones (excluding diaryl/α,β-unsaturated/α-hetero) is 1. The van der Waals surface area contributed by atoms with Crippen molar-refractivity contribution >= 4 is 44.8 Å². The van der Waals surface area contributed by atoms with Crippen LogP contribution in [0.1, 0.15) is 38.3 Å². The maximum absolute atomic E-state index is 13.8. The second-order valence-electron chi connectivity index (χ2n) is 9.94. The summed E-state index contributed by atoms with van der Waals surface area (Å²) in [6.07, 6.45) is 0.792. The number of methoxy groups -OCH3 is 1. The highest BCUT2D eigenvalue weighted by atomic mass is 35.5. The van der Waals surface area contributed by atoms with Crippen molar-refractivity contribution in [1.82, 2.24) is 14.3 Å². The predicted molar refractivity (Wildman–Crippen MR) is 135 cm³/mol. The summed E-state index contributed by atoms with van der Waals surface area (Å²) in [5.41, 5.74) is 1.12. The Balaban J connectivity index is 1.73. The number of benzene rings is 2. The summed E-state index contributed by atoms with van der Waals surface area (Å²) in [7, 11) is 1.58. The topological polar surface area (TPSA) is 83.2 Å². The number of allylic oxidation sites excluding steroid dienone is 2. The van der Waals surface area contributed by atoms with Crippen molar-refractivity contribution in [2.45, 2.75) is 32.7 Å². The van der Waals surface area contributed by atoms with Gasteiger partial charge in [0.2, 0.25) is 0 Å². The molecule has 6 rings (SSSR count). The Labute approximate surface area is 205 Å². The van der Waals surface area contributed by atoms with Gasteiger partial charge in [-0.25, -0.2) is 14.3 Å². The Hall–Kier alpha value is -3.71. The summed E-state index contributed by atoms with van der Waals surface area (Å²) in [6.45, 7) is 3.99. The molecule has 1 unspecified atom stereocenters. The predicted octanol–water partition coefficient (Wildman–Crippen LogP) is 4.58. The number of aromatic nitrogens is 3. The smallest absolute Gasteiger partial charge is 0.277 e. The van der Waals surface area contributed by atoms with Gasteiger partial charge in [0.05, 0.1) is 29.1 Å². The van der Waals surface area contributed by atoms with E-state index in [-0.39, 0.29) is 27.5 Å². The molecule has 7 nitrogen and oxygen atoms in total. The van der Waals surface area contributed by atoms with E-state index < -0.39 is 6.04 Å². The van der Waals surface area contributed by atoms with E-state index in [1.165, 1.54) is 9.36 Å². The summed E-state index contributed by atoms with van der Waals surface area (Å²) in [6, 6.07) is 13.1. The third kappa shape index (κ3) is 3.11. The van der Waals surface area contributed by atoms with Crippen molar-refractivity contribution in [3.8, 4) is 5.75 Å². The van der Waals surface area contributed by atoms with Crippen molar-refractivity contribution in [3.63, 3.8) is 0 Å². The number of nitrogens with zero attached hydrogens (tertiary/aromatic N) is 3. The Morgan fingerprint density at radius 1 is 1.00 bits per heavy atom. The average molecular weight is 488 g/mol. The summed E-state index contributed by atoms with van der Waals surface area (Å²) in [5.74, 6) is 0.552. The number of pyridine rings is 1. The standard InChI is InChI=1S/C27H22ClN3O4/c1-27(2)12-20-22(21(32)13-27)23(18-11-14-10-15(35-3)8-9-19(14)29-24(18)28)31-26(34)17-7-5-4-6-16(17)25(33)30(20)31/h4-11,23H,12-13H2,1-3H3. The van der Waals surface area contributed by atoms with Crippen LogP contribution in [-0.4, -0.2) is 27.2 Å². The fraction of sp³-hybridized carbons (Fsp3) is 0.259. The Morgan fingerprint density at radius 2 is 1.71 bits per heavy atom. The first-order valence-corrected chi connectivity index (χ1v) is 11.8. The molecule has 0 N–H and O–H groups in total. The number of hydrogen-bond donors (Lipinski definition) is 0. The van der Waals surface area contributed by atoms with Crippen LogP contribution in [0.4, 0.5) is 0 Å². The summed E-state index contributed by atoms with van der Waals surface area (Å²) in [4.78, 5) is 45.6. The van der Waals surface area contributed by atoms with E-state index in [1.807, 2.05) is 26.0 Å². The lowest BCUT2D eigenvalue weighted by molar-refractivity contribution is -0.118. The second-order valence-corrected chi connectivity index (χ2v) is 10.3. The molecule has 0 saturated carbocycles. The van der Waals surface area contributed by atoms with Crippen LogP contribution < -0.4 is 15.9 Å². The number of hydrogen-bond acceptors (Lipinski definition) is 5. The second kappa shape index (κ2) is 7.39. The lowest BCUT2D eigenvalue weighted by atomic mass is 9.74. The molecule has 1 aliphatic heterocycles. The molecular formula is C27H22ClN3O4. The molecule has 3 heterocycles. The highest BCUT2D eigenvalue weighted by Gasteiger charge is 2.45. The normalized spacial score (nSPS) is 18.7. The first kappa shape index (κ1) is 21.8. The van der Waals surface area contributed by atoms with Gasteiger partial charge in [-0.05, 0) is 48.2 Å². The number of ketones is 1. The van der Waals surface area contributed by atoms with Crippen molar-refractivity contribution < 1.29 is 9.53 Å². The lowest BCUT2D eigenvalue weighted by Gasteiger charge is -2.30. The highest BCUT2D eigenvalue weighted by molar-refractivity contribution is 6.30. The van der Waals surface area contributed by atoms with E-state index >= 15 is 0 Å². The van der Waals surface area contributed by atoms with Crippen LogP contribution in [0.2, 0.25) is 5.15 Å². The maximum Gasteiger partial charge on any atom is 0.277 e.